The Morgan fingerprint density at radius 1 is 0.853 bits per heavy atom. The van der Waals surface area contributed by atoms with Crippen molar-refractivity contribution in [2.75, 3.05) is 18.1 Å². The molecule has 0 N–H and O–H groups in total. The average molecular weight is 477 g/mol. The lowest BCUT2D eigenvalue weighted by Crippen LogP contribution is -2.29. The van der Waals surface area contributed by atoms with Crippen LogP contribution < -0.4 is 4.90 Å². The van der Waals surface area contributed by atoms with Crippen molar-refractivity contribution >= 4 is 46.6 Å². The van der Waals surface area contributed by atoms with Crippen molar-refractivity contribution in [1.29, 1.82) is 0 Å². The molecule has 0 radical (unpaired) electrons. The molecule has 2 amide bonds. The Hall–Kier alpha value is -4.11. The highest BCUT2D eigenvalue weighted by Gasteiger charge is 2.37. The van der Waals surface area contributed by atoms with Gasteiger partial charge in [-0.2, -0.15) is 0 Å². The lowest BCUT2D eigenvalue weighted by molar-refractivity contribution is 0.0475. The molecule has 3 aromatic rings. The van der Waals surface area contributed by atoms with Crippen LogP contribution >= 0.6 is 11.3 Å². The summed E-state index contributed by atoms with van der Waals surface area (Å²) in [7, 11) is 0. The third-order valence-corrected chi connectivity index (χ3v) is 5.96. The Kier molecular flexibility index (Phi) is 6.65. The number of ketones is 1. The number of benzene rings is 2. The SMILES string of the molecule is CCCOC(=O)c1ccc(N2C(=O)c3ccc(C(=O)OCC(=O)c4cccs4)cc3C2=O)cc1. The van der Waals surface area contributed by atoms with E-state index in [0.717, 1.165) is 4.90 Å². The number of hydrogen-bond acceptors (Lipinski definition) is 8. The minimum atomic E-state index is -0.777. The Bertz CT molecular complexity index is 1280. The molecule has 8 nitrogen and oxygen atoms in total. The Morgan fingerprint density at radius 3 is 2.21 bits per heavy atom. The lowest BCUT2D eigenvalue weighted by atomic mass is 10.1. The van der Waals surface area contributed by atoms with E-state index in [1.54, 1.807) is 17.5 Å². The summed E-state index contributed by atoms with van der Waals surface area (Å²) in [6.45, 7) is 1.75. The number of nitrogens with zero attached hydrogens (tertiary/aromatic N) is 1. The highest BCUT2D eigenvalue weighted by atomic mass is 32.1. The minimum Gasteiger partial charge on any atom is -0.462 e. The first kappa shape index (κ1) is 23.1. The number of thiophene rings is 1. The number of anilines is 1. The molecule has 0 saturated heterocycles. The Labute approximate surface area is 198 Å². The van der Waals surface area contributed by atoms with Crippen molar-refractivity contribution in [2.24, 2.45) is 0 Å². The maximum Gasteiger partial charge on any atom is 0.338 e. The van der Waals surface area contributed by atoms with Crippen LogP contribution in [0.2, 0.25) is 0 Å². The minimum absolute atomic E-state index is 0.0507. The van der Waals surface area contributed by atoms with Gasteiger partial charge in [0.15, 0.2) is 6.61 Å². The molecule has 0 bridgehead atoms. The van der Waals surface area contributed by atoms with Crippen LogP contribution in [0.15, 0.2) is 60.0 Å². The summed E-state index contributed by atoms with van der Waals surface area (Å²) < 4.78 is 10.2. The van der Waals surface area contributed by atoms with Gasteiger partial charge >= 0.3 is 11.9 Å². The second-order valence-corrected chi connectivity index (χ2v) is 8.31. The fourth-order valence-corrected chi connectivity index (χ4v) is 4.00. The summed E-state index contributed by atoms with van der Waals surface area (Å²) in [5.41, 5.74) is 0.827. The Morgan fingerprint density at radius 2 is 1.53 bits per heavy atom. The fraction of sp³-hybridized carbons (Fsp3) is 0.160. The van der Waals surface area contributed by atoms with Gasteiger partial charge in [0.05, 0.1) is 39.4 Å². The van der Waals surface area contributed by atoms with Crippen LogP contribution in [0.25, 0.3) is 0 Å². The second kappa shape index (κ2) is 9.80. The standard InChI is InChI=1S/C25H19NO7S/c1-2-11-32-24(30)15-5-8-17(9-6-15)26-22(28)18-10-7-16(13-19(18)23(26)29)25(31)33-14-20(27)21-4-3-12-34-21/h3-10,12-13H,2,11,14H2,1H3. The first-order chi connectivity index (χ1) is 16.4. The number of carbonyl (C=O) groups is 5. The van der Waals surface area contributed by atoms with Gasteiger partial charge < -0.3 is 9.47 Å². The third kappa shape index (κ3) is 4.51. The number of rotatable bonds is 8. The molecule has 0 spiro atoms. The summed E-state index contributed by atoms with van der Waals surface area (Å²) >= 11 is 1.24. The molecule has 1 aliphatic heterocycles. The van der Waals surface area contributed by atoms with Gasteiger partial charge in [0.25, 0.3) is 11.8 Å². The molecule has 0 saturated carbocycles. The van der Waals surface area contributed by atoms with Crippen LogP contribution in [-0.2, 0) is 9.47 Å². The van der Waals surface area contributed by atoms with Crippen molar-refractivity contribution in [1.82, 2.24) is 0 Å². The van der Waals surface area contributed by atoms with Crippen LogP contribution in [0.1, 0.15) is 64.4 Å². The lowest BCUT2D eigenvalue weighted by Gasteiger charge is -2.14. The summed E-state index contributed by atoms with van der Waals surface area (Å²) in [5, 5.41) is 1.75. The molecule has 9 heteroatoms. The smallest absolute Gasteiger partial charge is 0.338 e. The maximum atomic E-state index is 13.0. The largest absolute Gasteiger partial charge is 0.462 e. The second-order valence-electron chi connectivity index (χ2n) is 7.37. The zero-order valence-electron chi connectivity index (χ0n) is 18.1. The van der Waals surface area contributed by atoms with E-state index in [4.69, 9.17) is 9.47 Å². The number of hydrogen-bond donors (Lipinski definition) is 0. The molecule has 4 rings (SSSR count). The summed E-state index contributed by atoms with van der Waals surface area (Å²) in [4.78, 5) is 63.7. The van der Waals surface area contributed by atoms with E-state index in [1.807, 2.05) is 6.92 Å². The Balaban J connectivity index is 1.48. The van der Waals surface area contributed by atoms with E-state index in [2.05, 4.69) is 0 Å². The first-order valence-corrected chi connectivity index (χ1v) is 11.3. The van der Waals surface area contributed by atoms with Crippen molar-refractivity contribution in [3.63, 3.8) is 0 Å². The summed E-state index contributed by atoms with van der Waals surface area (Å²) in [5.74, 6) is -2.75. The van der Waals surface area contributed by atoms with Crippen molar-refractivity contribution in [3.8, 4) is 0 Å². The monoisotopic (exact) mass is 477 g/mol. The fourth-order valence-electron chi connectivity index (χ4n) is 3.35. The van der Waals surface area contributed by atoms with Crippen molar-refractivity contribution in [3.05, 3.63) is 87.1 Å². The molecule has 2 heterocycles. The van der Waals surface area contributed by atoms with E-state index < -0.39 is 30.4 Å². The molecule has 0 aliphatic carbocycles. The molecule has 172 valence electrons. The van der Waals surface area contributed by atoms with E-state index >= 15 is 0 Å². The summed E-state index contributed by atoms with van der Waals surface area (Å²) in [6, 6.07) is 13.3. The van der Waals surface area contributed by atoms with Crippen LogP contribution in [-0.4, -0.2) is 42.7 Å². The first-order valence-electron chi connectivity index (χ1n) is 10.4. The quantitative estimate of drug-likeness (QED) is 0.272. The van der Waals surface area contributed by atoms with Crippen LogP contribution in [0.3, 0.4) is 0 Å². The predicted molar refractivity (Wildman–Crippen MR) is 124 cm³/mol. The molecule has 0 fully saturated rings. The predicted octanol–water partition coefficient (Wildman–Crippen LogP) is 4.16. The number of imide groups is 1. The third-order valence-electron chi connectivity index (χ3n) is 5.05. The van der Waals surface area contributed by atoms with Gasteiger partial charge in [-0.05, 0) is 60.3 Å². The summed E-state index contributed by atoms with van der Waals surface area (Å²) in [6.07, 6.45) is 0.694. The molecule has 34 heavy (non-hydrogen) atoms. The zero-order chi connectivity index (χ0) is 24.2. The van der Waals surface area contributed by atoms with Crippen LogP contribution in [0.5, 0.6) is 0 Å². The molecular weight excluding hydrogens is 458 g/mol. The van der Waals surface area contributed by atoms with Gasteiger partial charge in [0.2, 0.25) is 5.78 Å². The highest BCUT2D eigenvalue weighted by molar-refractivity contribution is 7.12. The van der Waals surface area contributed by atoms with Gasteiger partial charge in [-0.3, -0.25) is 14.4 Å². The molecular formula is C25H19NO7S. The molecule has 1 aromatic heterocycles. The van der Waals surface area contributed by atoms with Crippen molar-refractivity contribution < 1.29 is 33.4 Å². The molecule has 1 aliphatic rings. The van der Waals surface area contributed by atoms with E-state index in [9.17, 15) is 24.0 Å². The maximum absolute atomic E-state index is 13.0. The average Bonchev–Trinajstić information content (AvgIpc) is 3.48. The molecule has 0 atom stereocenters. The van der Waals surface area contributed by atoms with E-state index in [0.29, 0.717) is 23.5 Å². The number of ether oxygens (including phenoxy) is 2. The van der Waals surface area contributed by atoms with Gasteiger partial charge in [0.1, 0.15) is 0 Å². The number of esters is 2. The number of amides is 2. The van der Waals surface area contributed by atoms with Gasteiger partial charge in [-0.15, -0.1) is 11.3 Å². The number of fused-ring (bicyclic) bond motifs is 1. The van der Waals surface area contributed by atoms with Crippen LogP contribution in [0, 0.1) is 0 Å². The number of Topliss-reactive ketones (excluding diaryl/α,β-unsaturated/α-hetero) is 1. The number of carbonyl (C=O) groups excluding carboxylic acids is 5. The zero-order valence-corrected chi connectivity index (χ0v) is 18.9. The van der Waals surface area contributed by atoms with Crippen LogP contribution in [0.4, 0.5) is 5.69 Å². The topological polar surface area (TPSA) is 107 Å². The van der Waals surface area contributed by atoms with Gasteiger partial charge in [-0.25, -0.2) is 14.5 Å². The van der Waals surface area contributed by atoms with E-state index in [1.165, 1.54) is 53.8 Å². The van der Waals surface area contributed by atoms with Gasteiger partial charge in [-0.1, -0.05) is 13.0 Å². The molecule has 2 aromatic carbocycles. The van der Waals surface area contributed by atoms with Gasteiger partial charge in [0, 0.05) is 0 Å². The normalized spacial score (nSPS) is 12.4. The van der Waals surface area contributed by atoms with E-state index in [-0.39, 0.29) is 28.2 Å². The molecule has 0 unspecified atom stereocenters. The van der Waals surface area contributed by atoms with Crippen molar-refractivity contribution in [2.45, 2.75) is 13.3 Å². The highest BCUT2D eigenvalue weighted by Crippen LogP contribution is 2.29.